The zero-order valence-corrected chi connectivity index (χ0v) is 46.6. The Morgan fingerprint density at radius 1 is 0.442 bits per heavy atom. The summed E-state index contributed by atoms with van der Waals surface area (Å²) >= 11 is 2.86. The van der Waals surface area contributed by atoms with E-state index < -0.39 is 86.6 Å². The van der Waals surface area contributed by atoms with Crippen LogP contribution in [0, 0.1) is 0 Å². The van der Waals surface area contributed by atoms with Crippen molar-refractivity contribution in [3.63, 3.8) is 0 Å². The van der Waals surface area contributed by atoms with Crippen LogP contribution in [-0.4, -0.2) is 85.8 Å². The Kier molecular flexibility index (Phi) is 14.9. The van der Waals surface area contributed by atoms with Gasteiger partial charge in [-0.2, -0.15) is 0 Å². The van der Waals surface area contributed by atoms with Crippen LogP contribution < -0.4 is 45.0 Å². The number of fused-ring (bicyclic) bond motifs is 5. The summed E-state index contributed by atoms with van der Waals surface area (Å²) in [6.07, 6.45) is 5.72. The zero-order chi connectivity index (χ0) is 60.1. The quantitative estimate of drug-likeness (QED) is 0.0434. The largest absolute Gasteiger partial charge is 0.486 e. The highest BCUT2D eigenvalue weighted by molar-refractivity contribution is 8.19. The second kappa shape index (κ2) is 22.8. The molecule has 86 heavy (non-hydrogen) atoms. The number of rotatable bonds is 12. The molecule has 5 N–H and O–H groups in total. The summed E-state index contributed by atoms with van der Waals surface area (Å²) in [5, 5.41) is 19.1. The summed E-state index contributed by atoms with van der Waals surface area (Å²) in [7, 11) is 0. The van der Waals surface area contributed by atoms with Gasteiger partial charge >= 0.3 is 23.9 Å². The normalized spacial score (nSPS) is 20.3. The third-order valence-corrected chi connectivity index (χ3v) is 16.8. The Balaban J connectivity index is 0.888. The average Bonchev–Trinajstić information content (AvgIpc) is 1.60. The molecule has 4 saturated heterocycles. The second-order valence-corrected chi connectivity index (χ2v) is 23.3. The maximum absolute atomic E-state index is 14.2. The van der Waals surface area contributed by atoms with E-state index in [2.05, 4.69) is 21.3 Å². The molecule has 1 aliphatic carbocycles. The van der Waals surface area contributed by atoms with Crippen molar-refractivity contribution in [2.45, 2.75) is 17.9 Å². The molecule has 0 aromatic heterocycles. The third-order valence-electron chi connectivity index (χ3n) is 13.6. The molecule has 8 amide bonds. The molecule has 6 aliphatic rings. The van der Waals surface area contributed by atoms with Crippen LogP contribution in [-0.2, 0) is 25.6 Å². The number of thioether (sulfide) groups is 4. The van der Waals surface area contributed by atoms with Gasteiger partial charge in [0.2, 0.25) is 5.75 Å². The number of carbonyl (C=O) groups excluding carboxylic acids is 12. The number of nitrogens with one attached hydrogen (secondary N) is 4. The molecule has 4 fully saturated rings. The summed E-state index contributed by atoms with van der Waals surface area (Å²) in [4.78, 5) is 153. The van der Waals surface area contributed by atoms with Gasteiger partial charge in [0.05, 0.1) is 41.9 Å². The first-order valence-corrected chi connectivity index (χ1v) is 28.5. The van der Waals surface area contributed by atoms with E-state index in [-0.39, 0.29) is 82.6 Å². The van der Waals surface area contributed by atoms with E-state index in [1.807, 2.05) is 0 Å². The van der Waals surface area contributed by atoms with Crippen molar-refractivity contribution in [2.24, 2.45) is 0 Å². The van der Waals surface area contributed by atoms with Gasteiger partial charge in [-0.05, 0) is 171 Å². The minimum atomic E-state index is -1.77. The fourth-order valence-corrected chi connectivity index (χ4v) is 12.3. The summed E-state index contributed by atoms with van der Waals surface area (Å²) < 4.78 is 30.2. The molecule has 0 unspecified atom stereocenters. The lowest BCUT2D eigenvalue weighted by Crippen LogP contribution is -2.44. The van der Waals surface area contributed by atoms with Gasteiger partial charge < -0.3 is 28.8 Å². The van der Waals surface area contributed by atoms with Crippen molar-refractivity contribution in [3.8, 4) is 28.7 Å². The summed E-state index contributed by atoms with van der Waals surface area (Å²) in [6, 6.07) is 29.0. The Hall–Kier alpha value is -10.1. The number of amides is 8. The van der Waals surface area contributed by atoms with Crippen LogP contribution in [0.1, 0.15) is 86.3 Å². The van der Waals surface area contributed by atoms with Crippen LogP contribution in [0.3, 0.4) is 0 Å². The van der Waals surface area contributed by atoms with Crippen molar-refractivity contribution in [2.75, 3.05) is 6.61 Å². The minimum absolute atomic E-state index is 0.0121. The number of esters is 4. The standard InChI is InChI=1S/C60H34N4O18S4/c65-48-41(83-56(73)61-48)19-27-1-9-31(10-2-27)52(69)79-38-18-17-36-45-37-24-40(81-54(71)33-13-5-29(6-14-33)21-43-50(67)63-58(75)85-43)39(80-53(70)32-11-3-28(4-12-32)20-42-49(66)62-57(74)84-42)23-35(37)25-60(45,77)26-78-46(36)47(38)82-55(72)34-15-7-30(8-16-34)22-44-51(68)64-59(76)86-44/h1-24,45,77H,25-26H2,(H,61,65,73)(H,62,66,74)(H,63,67,75)(H,64,68,76)/b41-19-,42-20-,43-21-,44-22-/t45-,60+/m0/s1. The maximum Gasteiger partial charge on any atom is 0.343 e. The predicted octanol–water partition coefficient (Wildman–Crippen LogP) is 8.67. The van der Waals surface area contributed by atoms with E-state index in [1.165, 1.54) is 146 Å². The zero-order valence-electron chi connectivity index (χ0n) is 43.4. The van der Waals surface area contributed by atoms with E-state index in [1.54, 1.807) is 0 Å². The van der Waals surface area contributed by atoms with Gasteiger partial charge in [-0.3, -0.25) is 59.6 Å². The van der Waals surface area contributed by atoms with Crippen LogP contribution in [0.25, 0.3) is 24.3 Å². The molecule has 12 rings (SSSR count). The topological polar surface area (TPSA) is 319 Å². The van der Waals surface area contributed by atoms with Gasteiger partial charge in [0, 0.05) is 17.9 Å². The smallest absolute Gasteiger partial charge is 0.343 e. The predicted molar refractivity (Wildman–Crippen MR) is 311 cm³/mol. The number of aliphatic hydroxyl groups is 1. The second-order valence-electron chi connectivity index (χ2n) is 19.3. The van der Waals surface area contributed by atoms with Gasteiger partial charge in [-0.1, -0.05) is 54.6 Å². The molecule has 426 valence electrons. The third kappa shape index (κ3) is 11.6. The first-order valence-electron chi connectivity index (χ1n) is 25.3. The monoisotopic (exact) mass is 1230 g/mol. The lowest BCUT2D eigenvalue weighted by Gasteiger charge is -2.37. The maximum atomic E-state index is 14.2. The first kappa shape index (κ1) is 56.4. The van der Waals surface area contributed by atoms with Gasteiger partial charge in [-0.15, -0.1) is 0 Å². The molecule has 6 aromatic carbocycles. The number of carbonyl (C=O) groups is 12. The highest BCUT2D eigenvalue weighted by Crippen LogP contribution is 2.57. The molecule has 26 heteroatoms. The minimum Gasteiger partial charge on any atom is -0.486 e. The molecule has 2 atom stereocenters. The van der Waals surface area contributed by atoms with Crippen molar-refractivity contribution in [3.05, 3.63) is 202 Å². The van der Waals surface area contributed by atoms with Crippen LogP contribution in [0.5, 0.6) is 28.7 Å². The van der Waals surface area contributed by atoms with Crippen molar-refractivity contribution >= 4 is 140 Å². The molecule has 5 heterocycles. The molecular weight excluding hydrogens is 1190 g/mol. The van der Waals surface area contributed by atoms with E-state index in [0.29, 0.717) is 56.9 Å². The van der Waals surface area contributed by atoms with E-state index in [0.717, 1.165) is 23.5 Å². The summed E-state index contributed by atoms with van der Waals surface area (Å²) in [5.74, 6) is -8.43. The number of imide groups is 4. The van der Waals surface area contributed by atoms with Crippen LogP contribution in [0.15, 0.2) is 141 Å². The van der Waals surface area contributed by atoms with Crippen LogP contribution in [0.4, 0.5) is 19.2 Å². The fourth-order valence-electron chi connectivity index (χ4n) is 9.60. The first-order chi connectivity index (χ1) is 41.3. The van der Waals surface area contributed by atoms with Crippen LogP contribution in [0.2, 0.25) is 0 Å². The van der Waals surface area contributed by atoms with E-state index in [9.17, 15) is 62.6 Å². The Morgan fingerprint density at radius 3 is 1.13 bits per heavy atom. The lowest BCUT2D eigenvalue weighted by molar-refractivity contribution is -0.116. The molecule has 0 bridgehead atoms. The molecule has 0 spiro atoms. The van der Waals surface area contributed by atoms with Crippen molar-refractivity contribution in [1.29, 1.82) is 0 Å². The Bertz CT molecular complexity index is 4230. The molecule has 22 nitrogen and oxygen atoms in total. The highest BCUT2D eigenvalue weighted by Gasteiger charge is 2.52. The molecular formula is C60H34N4O18S4. The number of hydrogen-bond donors (Lipinski definition) is 5. The SMILES string of the molecule is O=C1NC(=O)/C(=C/c2ccc(C(=O)Oc3cc4c(cc3OC(=O)c3ccc(/C=C5\SC(=O)NC5=O)cc3)[C@@H]3c5ccc(OC(=O)c6ccc(/C=C7\SC(=O)NC7=O)cc6)c(OC(=O)c6ccc(/C=C7\SC(=O)NC7=O)cc6)c5OC[C@]3(O)C4)cc2)S1. The van der Waals surface area contributed by atoms with Gasteiger partial charge in [0.1, 0.15) is 12.2 Å². The lowest BCUT2D eigenvalue weighted by atomic mass is 9.80. The van der Waals surface area contributed by atoms with Crippen molar-refractivity contribution < 1.29 is 86.3 Å². The fraction of sp³-hybridized carbons (Fsp3) is 0.0667. The van der Waals surface area contributed by atoms with E-state index >= 15 is 0 Å². The molecule has 5 aliphatic heterocycles. The van der Waals surface area contributed by atoms with Crippen molar-refractivity contribution in [1.82, 2.24) is 21.3 Å². The molecule has 6 aromatic rings. The molecule has 0 saturated carbocycles. The van der Waals surface area contributed by atoms with E-state index in [4.69, 9.17) is 23.7 Å². The molecule has 0 radical (unpaired) electrons. The van der Waals surface area contributed by atoms with Gasteiger partial charge in [0.15, 0.2) is 23.0 Å². The van der Waals surface area contributed by atoms with Crippen LogP contribution >= 0.6 is 47.0 Å². The number of hydrogen-bond acceptors (Lipinski definition) is 22. The highest BCUT2D eigenvalue weighted by atomic mass is 32.2. The summed E-state index contributed by atoms with van der Waals surface area (Å²) in [6.45, 7) is -0.463. The van der Waals surface area contributed by atoms with Gasteiger partial charge in [-0.25, -0.2) is 19.2 Å². The number of ether oxygens (including phenoxy) is 5. The summed E-state index contributed by atoms with van der Waals surface area (Å²) in [5.41, 5.74) is 1.16. The van der Waals surface area contributed by atoms with Gasteiger partial charge in [0.25, 0.3) is 44.6 Å². The number of benzene rings is 6. The Morgan fingerprint density at radius 2 is 0.779 bits per heavy atom. The Labute approximate surface area is 500 Å². The average molecular weight is 1230 g/mol.